The molecule has 6 N–H and O–H groups in total. The van der Waals surface area contributed by atoms with E-state index in [1.165, 1.54) is 0 Å². The average molecular weight is 304 g/mol. The normalized spacial score (nSPS) is 10.1. The SMILES string of the molecule is Cc1nc(N)c(C)c(C)c1O.Cc1nc(N)c(C)c(C)c1O. The summed E-state index contributed by atoms with van der Waals surface area (Å²) in [4.78, 5) is 7.92. The van der Waals surface area contributed by atoms with E-state index in [2.05, 4.69) is 9.97 Å². The fourth-order valence-corrected chi connectivity index (χ4v) is 1.92. The number of aromatic nitrogens is 2. The van der Waals surface area contributed by atoms with Gasteiger partial charge < -0.3 is 21.7 Å². The summed E-state index contributed by atoms with van der Waals surface area (Å²) >= 11 is 0. The molecule has 0 unspecified atom stereocenters. The molecule has 6 heteroatoms. The lowest BCUT2D eigenvalue weighted by Gasteiger charge is -2.07. The molecule has 0 aliphatic heterocycles. The fourth-order valence-electron chi connectivity index (χ4n) is 1.92. The Morgan fingerprint density at radius 1 is 0.591 bits per heavy atom. The first-order chi connectivity index (χ1) is 10.1. The number of nitrogen functional groups attached to an aromatic ring is 2. The zero-order chi connectivity index (χ0) is 17.2. The Morgan fingerprint density at radius 3 is 1.14 bits per heavy atom. The Labute approximate surface area is 130 Å². The van der Waals surface area contributed by atoms with E-state index in [0.29, 0.717) is 23.0 Å². The lowest BCUT2D eigenvalue weighted by Crippen LogP contribution is -1.98. The molecule has 0 radical (unpaired) electrons. The molecule has 0 saturated carbocycles. The molecule has 0 spiro atoms. The van der Waals surface area contributed by atoms with E-state index in [1.807, 2.05) is 27.7 Å². The quantitative estimate of drug-likeness (QED) is 0.594. The molecular weight excluding hydrogens is 280 g/mol. The summed E-state index contributed by atoms with van der Waals surface area (Å²) in [6.07, 6.45) is 0. The van der Waals surface area contributed by atoms with Crippen molar-refractivity contribution in [3.05, 3.63) is 33.6 Å². The van der Waals surface area contributed by atoms with Crippen molar-refractivity contribution >= 4 is 11.6 Å². The van der Waals surface area contributed by atoms with Crippen LogP contribution in [0.5, 0.6) is 11.5 Å². The number of nitrogens with zero attached hydrogens (tertiary/aromatic N) is 2. The van der Waals surface area contributed by atoms with Gasteiger partial charge in [-0.1, -0.05) is 0 Å². The van der Waals surface area contributed by atoms with Crippen molar-refractivity contribution < 1.29 is 10.2 Å². The Kier molecular flexibility index (Phi) is 5.19. The summed E-state index contributed by atoms with van der Waals surface area (Å²) in [7, 11) is 0. The molecule has 0 aliphatic rings. The molecule has 2 rings (SSSR count). The van der Waals surface area contributed by atoms with Crippen molar-refractivity contribution in [1.29, 1.82) is 0 Å². The highest BCUT2D eigenvalue weighted by atomic mass is 16.3. The largest absolute Gasteiger partial charge is 0.506 e. The van der Waals surface area contributed by atoms with Gasteiger partial charge in [0.2, 0.25) is 0 Å². The van der Waals surface area contributed by atoms with Gasteiger partial charge in [0.1, 0.15) is 23.1 Å². The third-order valence-electron chi connectivity index (χ3n) is 3.87. The first-order valence-electron chi connectivity index (χ1n) is 6.92. The predicted molar refractivity (Wildman–Crippen MR) is 89.1 cm³/mol. The van der Waals surface area contributed by atoms with Crippen LogP contribution < -0.4 is 11.5 Å². The van der Waals surface area contributed by atoms with Crippen LogP contribution in [0.15, 0.2) is 0 Å². The van der Waals surface area contributed by atoms with Crippen molar-refractivity contribution in [2.24, 2.45) is 0 Å². The van der Waals surface area contributed by atoms with E-state index in [-0.39, 0.29) is 11.5 Å². The van der Waals surface area contributed by atoms with E-state index in [4.69, 9.17) is 11.5 Å². The molecule has 6 nitrogen and oxygen atoms in total. The molecule has 0 bridgehead atoms. The molecule has 0 saturated heterocycles. The first-order valence-corrected chi connectivity index (χ1v) is 6.92. The van der Waals surface area contributed by atoms with Gasteiger partial charge in [-0.2, -0.15) is 0 Å². The van der Waals surface area contributed by atoms with Gasteiger partial charge in [0, 0.05) is 0 Å². The maximum atomic E-state index is 9.39. The highest BCUT2D eigenvalue weighted by Gasteiger charge is 2.08. The molecule has 0 atom stereocenters. The van der Waals surface area contributed by atoms with Crippen LogP contribution in [0, 0.1) is 41.5 Å². The Bertz CT molecular complexity index is 598. The van der Waals surface area contributed by atoms with E-state index in [9.17, 15) is 10.2 Å². The molecule has 2 aromatic heterocycles. The summed E-state index contributed by atoms with van der Waals surface area (Å²) in [5, 5.41) is 18.8. The molecule has 120 valence electrons. The monoisotopic (exact) mass is 304 g/mol. The number of hydrogen-bond acceptors (Lipinski definition) is 6. The molecule has 22 heavy (non-hydrogen) atoms. The number of rotatable bonds is 0. The number of pyridine rings is 2. The second-order valence-electron chi connectivity index (χ2n) is 5.36. The fraction of sp³-hybridized carbons (Fsp3) is 0.375. The Morgan fingerprint density at radius 2 is 0.864 bits per heavy atom. The van der Waals surface area contributed by atoms with Gasteiger partial charge in [-0.05, 0) is 63.8 Å². The summed E-state index contributed by atoms with van der Waals surface area (Å²) in [5.41, 5.74) is 15.7. The molecule has 0 aromatic carbocycles. The molecule has 2 heterocycles. The van der Waals surface area contributed by atoms with Crippen molar-refractivity contribution in [2.45, 2.75) is 41.5 Å². The van der Waals surface area contributed by atoms with Crippen LogP contribution in [0.4, 0.5) is 11.6 Å². The zero-order valence-corrected chi connectivity index (χ0v) is 13.9. The minimum absolute atomic E-state index is 0.247. The van der Waals surface area contributed by atoms with E-state index < -0.39 is 0 Å². The molecule has 0 aliphatic carbocycles. The topological polar surface area (TPSA) is 118 Å². The number of hydrogen-bond donors (Lipinski definition) is 4. The standard InChI is InChI=1S/2C8H12N2O/c2*1-4-5(2)8(9)10-6(3)7(4)11/h2*11H,1-3H3,(H2,9,10). The van der Waals surface area contributed by atoms with Crippen molar-refractivity contribution in [3.8, 4) is 11.5 Å². The Hall–Kier alpha value is -2.50. The second-order valence-corrected chi connectivity index (χ2v) is 5.36. The summed E-state index contributed by atoms with van der Waals surface area (Å²) < 4.78 is 0. The van der Waals surface area contributed by atoms with Crippen LogP contribution in [-0.2, 0) is 0 Å². The van der Waals surface area contributed by atoms with Gasteiger partial charge in [0.05, 0.1) is 11.4 Å². The third kappa shape index (κ3) is 3.39. The molecule has 0 fully saturated rings. The van der Waals surface area contributed by atoms with Crippen LogP contribution >= 0.6 is 0 Å². The van der Waals surface area contributed by atoms with E-state index in [0.717, 1.165) is 22.3 Å². The van der Waals surface area contributed by atoms with Crippen LogP contribution in [0.1, 0.15) is 33.6 Å². The van der Waals surface area contributed by atoms with Crippen LogP contribution in [-0.4, -0.2) is 20.2 Å². The van der Waals surface area contributed by atoms with Crippen LogP contribution in [0.2, 0.25) is 0 Å². The summed E-state index contributed by atoms with van der Waals surface area (Å²) in [6, 6.07) is 0. The van der Waals surface area contributed by atoms with Gasteiger partial charge in [0.15, 0.2) is 0 Å². The number of anilines is 2. The van der Waals surface area contributed by atoms with Gasteiger partial charge >= 0.3 is 0 Å². The van der Waals surface area contributed by atoms with Gasteiger partial charge in [-0.3, -0.25) is 0 Å². The number of aryl methyl sites for hydroxylation is 2. The molecule has 2 aromatic rings. The predicted octanol–water partition coefficient (Wildman–Crippen LogP) is 2.59. The van der Waals surface area contributed by atoms with Crippen molar-refractivity contribution in [2.75, 3.05) is 11.5 Å². The summed E-state index contributed by atoms with van der Waals surface area (Å²) in [6.45, 7) is 10.8. The Balaban J connectivity index is 0.000000220. The minimum Gasteiger partial charge on any atom is -0.506 e. The van der Waals surface area contributed by atoms with Crippen molar-refractivity contribution in [3.63, 3.8) is 0 Å². The number of nitrogens with two attached hydrogens (primary N) is 2. The molecule has 0 amide bonds. The summed E-state index contributed by atoms with van der Waals surface area (Å²) in [5.74, 6) is 1.49. The van der Waals surface area contributed by atoms with Gasteiger partial charge in [-0.15, -0.1) is 0 Å². The number of aromatic hydroxyl groups is 2. The average Bonchev–Trinajstić information content (AvgIpc) is 2.47. The third-order valence-corrected chi connectivity index (χ3v) is 3.87. The second kappa shape index (κ2) is 6.51. The minimum atomic E-state index is 0.247. The first kappa shape index (κ1) is 17.6. The van der Waals surface area contributed by atoms with E-state index in [1.54, 1.807) is 13.8 Å². The van der Waals surface area contributed by atoms with Crippen LogP contribution in [0.25, 0.3) is 0 Å². The van der Waals surface area contributed by atoms with Crippen molar-refractivity contribution in [1.82, 2.24) is 9.97 Å². The highest BCUT2D eigenvalue weighted by Crippen LogP contribution is 2.26. The highest BCUT2D eigenvalue weighted by molar-refractivity contribution is 5.52. The van der Waals surface area contributed by atoms with E-state index >= 15 is 0 Å². The lowest BCUT2D eigenvalue weighted by molar-refractivity contribution is 0.462. The lowest BCUT2D eigenvalue weighted by atomic mass is 10.1. The van der Waals surface area contributed by atoms with Gasteiger partial charge in [-0.25, -0.2) is 9.97 Å². The maximum absolute atomic E-state index is 9.39. The molecular formula is C16H24N4O2. The smallest absolute Gasteiger partial charge is 0.140 e. The van der Waals surface area contributed by atoms with Crippen LogP contribution in [0.3, 0.4) is 0 Å². The van der Waals surface area contributed by atoms with Gasteiger partial charge in [0.25, 0.3) is 0 Å². The maximum Gasteiger partial charge on any atom is 0.140 e. The zero-order valence-electron chi connectivity index (χ0n) is 13.9.